The summed E-state index contributed by atoms with van der Waals surface area (Å²) in [6.07, 6.45) is 0. The third-order valence-corrected chi connectivity index (χ3v) is 2.76. The van der Waals surface area contributed by atoms with E-state index in [2.05, 4.69) is 15.9 Å². The summed E-state index contributed by atoms with van der Waals surface area (Å²) in [5.41, 5.74) is 0.638. The molecule has 0 bridgehead atoms. The molecule has 2 N–H and O–H groups in total. The quantitative estimate of drug-likeness (QED) is 0.826. The van der Waals surface area contributed by atoms with Crippen molar-refractivity contribution in [2.75, 3.05) is 0 Å². The number of carboxylic acids is 1. The predicted octanol–water partition coefficient (Wildman–Crippen LogP) is 3.15. The van der Waals surface area contributed by atoms with Crippen molar-refractivity contribution in [3.8, 4) is 5.75 Å². The Morgan fingerprint density at radius 2 is 1.87 bits per heavy atom. The van der Waals surface area contributed by atoms with Crippen molar-refractivity contribution in [1.29, 1.82) is 0 Å². The van der Waals surface area contributed by atoms with E-state index in [1.165, 1.54) is 6.07 Å². The van der Waals surface area contributed by atoms with Gasteiger partial charge >= 0.3 is 5.97 Å². The Kier molecular flexibility index (Phi) is 3.09. The van der Waals surface area contributed by atoms with Crippen molar-refractivity contribution in [1.82, 2.24) is 0 Å². The third kappa shape index (κ3) is 2.50. The second kappa shape index (κ2) is 3.85. The van der Waals surface area contributed by atoms with Gasteiger partial charge in [-0.1, -0.05) is 20.8 Å². The van der Waals surface area contributed by atoms with Gasteiger partial charge in [0.05, 0.1) is 4.47 Å². The lowest BCUT2D eigenvalue weighted by Crippen LogP contribution is -2.12. The van der Waals surface area contributed by atoms with E-state index < -0.39 is 5.97 Å². The Bertz CT molecular complexity index is 405. The maximum absolute atomic E-state index is 10.9. The van der Waals surface area contributed by atoms with Crippen LogP contribution in [0.1, 0.15) is 36.7 Å². The van der Waals surface area contributed by atoms with Gasteiger partial charge in [0.1, 0.15) is 11.3 Å². The molecule has 4 heteroatoms. The van der Waals surface area contributed by atoms with Gasteiger partial charge in [-0.3, -0.25) is 0 Å². The summed E-state index contributed by atoms with van der Waals surface area (Å²) >= 11 is 3.14. The number of hydrogen-bond acceptors (Lipinski definition) is 2. The Labute approximate surface area is 96.9 Å². The number of hydrogen-bond donors (Lipinski definition) is 2. The van der Waals surface area contributed by atoms with Crippen LogP contribution in [-0.2, 0) is 5.41 Å². The molecule has 0 aromatic heterocycles. The van der Waals surface area contributed by atoms with Crippen LogP contribution in [0.25, 0.3) is 0 Å². The normalized spacial score (nSPS) is 11.5. The van der Waals surface area contributed by atoms with Gasteiger partial charge in [0.25, 0.3) is 0 Å². The topological polar surface area (TPSA) is 57.5 Å². The van der Waals surface area contributed by atoms with Crippen molar-refractivity contribution in [2.45, 2.75) is 26.2 Å². The summed E-state index contributed by atoms with van der Waals surface area (Å²) in [5.74, 6) is -1.35. The second-order valence-corrected chi connectivity index (χ2v) is 5.26. The predicted molar refractivity (Wildman–Crippen MR) is 61.5 cm³/mol. The van der Waals surface area contributed by atoms with Crippen LogP contribution in [0.3, 0.4) is 0 Å². The van der Waals surface area contributed by atoms with Gasteiger partial charge in [0.15, 0.2) is 0 Å². The van der Waals surface area contributed by atoms with Gasteiger partial charge in [-0.05, 0) is 39.0 Å². The molecule has 0 heterocycles. The summed E-state index contributed by atoms with van der Waals surface area (Å²) in [7, 11) is 0. The van der Waals surface area contributed by atoms with Gasteiger partial charge in [0.2, 0.25) is 0 Å². The number of carbonyl (C=O) groups is 1. The van der Waals surface area contributed by atoms with Crippen molar-refractivity contribution < 1.29 is 15.0 Å². The Hall–Kier alpha value is -1.03. The molecule has 0 aliphatic carbocycles. The molecule has 0 atom stereocenters. The van der Waals surface area contributed by atoms with E-state index in [1.54, 1.807) is 6.07 Å². The molecule has 3 nitrogen and oxygen atoms in total. The van der Waals surface area contributed by atoms with Gasteiger partial charge in [-0.15, -0.1) is 0 Å². The molecule has 1 aromatic carbocycles. The van der Waals surface area contributed by atoms with Gasteiger partial charge in [-0.25, -0.2) is 4.79 Å². The summed E-state index contributed by atoms with van der Waals surface area (Å²) in [6, 6.07) is 3.24. The fraction of sp³-hybridized carbons (Fsp3) is 0.364. The zero-order chi connectivity index (χ0) is 11.8. The molecule has 0 spiro atoms. The SMILES string of the molecule is CC(C)(C)c1cc(Br)c(O)c(C(=O)O)c1. The molecule has 0 aliphatic heterocycles. The number of rotatable bonds is 1. The van der Waals surface area contributed by atoms with Crippen LogP contribution >= 0.6 is 15.9 Å². The van der Waals surface area contributed by atoms with Crippen molar-refractivity contribution >= 4 is 21.9 Å². The monoisotopic (exact) mass is 272 g/mol. The molecule has 0 radical (unpaired) electrons. The highest BCUT2D eigenvalue weighted by molar-refractivity contribution is 9.10. The van der Waals surface area contributed by atoms with E-state index in [-0.39, 0.29) is 16.7 Å². The number of halogens is 1. The largest absolute Gasteiger partial charge is 0.506 e. The van der Waals surface area contributed by atoms with Crippen LogP contribution in [0.5, 0.6) is 5.75 Å². The summed E-state index contributed by atoms with van der Waals surface area (Å²) < 4.78 is 0.410. The average Bonchev–Trinajstić information content (AvgIpc) is 2.06. The zero-order valence-corrected chi connectivity index (χ0v) is 10.4. The second-order valence-electron chi connectivity index (χ2n) is 4.41. The molecule has 0 saturated heterocycles. The first kappa shape index (κ1) is 12.0. The Morgan fingerprint density at radius 3 is 2.27 bits per heavy atom. The van der Waals surface area contributed by atoms with Crippen LogP contribution in [0.4, 0.5) is 0 Å². The first-order chi connectivity index (χ1) is 6.73. The van der Waals surface area contributed by atoms with Crippen LogP contribution in [0.15, 0.2) is 16.6 Å². The van der Waals surface area contributed by atoms with Crippen LogP contribution in [0.2, 0.25) is 0 Å². The Balaban J connectivity index is 3.43. The third-order valence-electron chi connectivity index (χ3n) is 2.16. The first-order valence-corrected chi connectivity index (χ1v) is 5.29. The molecule has 1 aromatic rings. The molecular weight excluding hydrogens is 260 g/mol. The molecule has 1 rings (SSSR count). The average molecular weight is 273 g/mol. The first-order valence-electron chi connectivity index (χ1n) is 4.50. The maximum atomic E-state index is 10.9. The minimum Gasteiger partial charge on any atom is -0.506 e. The molecular formula is C11H13BrO3. The van der Waals surface area contributed by atoms with Crippen molar-refractivity contribution in [3.05, 3.63) is 27.7 Å². The summed E-state index contributed by atoms with van der Waals surface area (Å²) in [5, 5.41) is 18.4. The lowest BCUT2D eigenvalue weighted by atomic mass is 9.86. The molecule has 0 unspecified atom stereocenters. The van der Waals surface area contributed by atoms with E-state index in [1.807, 2.05) is 20.8 Å². The molecule has 0 saturated carbocycles. The van der Waals surface area contributed by atoms with E-state index in [0.29, 0.717) is 4.47 Å². The standard InChI is InChI=1S/C11H13BrO3/c1-11(2,3)6-4-7(10(14)15)9(13)8(12)5-6/h4-5,13H,1-3H3,(H,14,15). The molecule has 15 heavy (non-hydrogen) atoms. The minimum atomic E-state index is -1.13. The summed E-state index contributed by atoms with van der Waals surface area (Å²) in [4.78, 5) is 10.9. The number of carboxylic acid groups (broad SMARTS) is 1. The summed E-state index contributed by atoms with van der Waals surface area (Å²) in [6.45, 7) is 5.95. The molecule has 0 amide bonds. The van der Waals surface area contributed by atoms with Crippen molar-refractivity contribution in [3.63, 3.8) is 0 Å². The number of phenols is 1. The van der Waals surface area contributed by atoms with Gasteiger partial charge in [0, 0.05) is 0 Å². The highest BCUT2D eigenvalue weighted by Gasteiger charge is 2.20. The smallest absolute Gasteiger partial charge is 0.339 e. The maximum Gasteiger partial charge on any atom is 0.339 e. The van der Waals surface area contributed by atoms with E-state index in [0.717, 1.165) is 5.56 Å². The lowest BCUT2D eigenvalue weighted by molar-refractivity contribution is 0.0693. The lowest BCUT2D eigenvalue weighted by Gasteiger charge is -2.20. The van der Waals surface area contributed by atoms with Gasteiger partial charge < -0.3 is 10.2 Å². The van der Waals surface area contributed by atoms with Crippen molar-refractivity contribution in [2.24, 2.45) is 0 Å². The minimum absolute atomic E-state index is 0.0747. The number of aromatic carboxylic acids is 1. The zero-order valence-electron chi connectivity index (χ0n) is 8.84. The Morgan fingerprint density at radius 1 is 1.33 bits per heavy atom. The van der Waals surface area contributed by atoms with Crippen LogP contribution in [0, 0.1) is 0 Å². The highest BCUT2D eigenvalue weighted by Crippen LogP contribution is 2.34. The van der Waals surface area contributed by atoms with E-state index in [4.69, 9.17) is 5.11 Å². The molecule has 82 valence electrons. The van der Waals surface area contributed by atoms with Gasteiger partial charge in [-0.2, -0.15) is 0 Å². The van der Waals surface area contributed by atoms with Crippen LogP contribution < -0.4 is 0 Å². The highest BCUT2D eigenvalue weighted by atomic mass is 79.9. The number of benzene rings is 1. The molecule has 0 aliphatic rings. The van der Waals surface area contributed by atoms with E-state index >= 15 is 0 Å². The number of aromatic hydroxyl groups is 1. The molecule has 0 fully saturated rings. The fourth-order valence-corrected chi connectivity index (χ4v) is 1.66. The van der Waals surface area contributed by atoms with E-state index in [9.17, 15) is 9.90 Å². The van der Waals surface area contributed by atoms with Crippen LogP contribution in [-0.4, -0.2) is 16.2 Å². The fourth-order valence-electron chi connectivity index (χ4n) is 1.20.